The lowest BCUT2D eigenvalue weighted by molar-refractivity contribution is -0.127. The quantitative estimate of drug-likeness (QED) is 0.217. The number of ether oxygens (including phenoxy) is 2. The molecule has 208 valence electrons. The molecule has 5 rings (SSSR count). The molecule has 1 fully saturated rings. The summed E-state index contributed by atoms with van der Waals surface area (Å²) in [6.45, 7) is 6.18. The van der Waals surface area contributed by atoms with Crippen LogP contribution in [0.2, 0.25) is 0 Å². The number of carbonyl (C=O) groups is 3. The molecule has 0 atom stereocenters. The molecule has 8 heteroatoms. The molecule has 0 spiro atoms. The summed E-state index contributed by atoms with van der Waals surface area (Å²) in [4.78, 5) is 39.5. The van der Waals surface area contributed by atoms with E-state index in [4.69, 9.17) is 9.47 Å². The molecule has 0 radical (unpaired) electrons. The Hall–Kier alpha value is -4.56. The summed E-state index contributed by atoms with van der Waals surface area (Å²) in [6, 6.07) is 25.2. The first-order chi connectivity index (χ1) is 19.8. The number of amides is 3. The fraction of sp³-hybridized carbons (Fsp3) is 0.182. The molecule has 0 unspecified atom stereocenters. The Kier molecular flexibility index (Phi) is 8.40. The smallest absolute Gasteiger partial charge is 0.294 e. The highest BCUT2D eigenvalue weighted by Crippen LogP contribution is 2.35. The van der Waals surface area contributed by atoms with E-state index in [2.05, 4.69) is 23.5 Å². The fourth-order valence-corrected chi connectivity index (χ4v) is 5.42. The number of hydrogen-bond donors (Lipinski definition) is 1. The molecule has 0 aliphatic carbocycles. The summed E-state index contributed by atoms with van der Waals surface area (Å²) in [5.41, 5.74) is 4.36. The molecule has 1 aliphatic rings. The topological polar surface area (TPSA) is 84.9 Å². The Morgan fingerprint density at radius 3 is 2.54 bits per heavy atom. The normalized spacial score (nSPS) is 14.1. The van der Waals surface area contributed by atoms with Crippen LogP contribution < -0.4 is 14.8 Å². The maximum atomic E-state index is 13.1. The Bertz CT molecular complexity index is 1670. The van der Waals surface area contributed by atoms with E-state index in [1.807, 2.05) is 63.2 Å². The van der Waals surface area contributed by atoms with Gasteiger partial charge in [0.15, 0.2) is 11.5 Å². The van der Waals surface area contributed by atoms with Gasteiger partial charge in [0.2, 0.25) is 5.91 Å². The van der Waals surface area contributed by atoms with Crippen molar-refractivity contribution in [3.05, 3.63) is 106 Å². The van der Waals surface area contributed by atoms with Crippen molar-refractivity contribution in [2.45, 2.75) is 27.4 Å². The molecule has 4 aromatic carbocycles. The van der Waals surface area contributed by atoms with E-state index in [9.17, 15) is 14.4 Å². The zero-order chi connectivity index (χ0) is 28.9. The standard InChI is InChI=1S/C33H30N2O5S/c1-4-39-29-17-23(15-16-28(29)40-20-25-12-8-11-24-10-5-6-13-26(24)25)18-30-32(37)35(33(38)41-30)19-31(36)34-27-14-7-9-21(2)22(27)3/h5-18H,4,19-20H2,1-3H3,(H,34,36)/b30-18+. The van der Waals surface area contributed by atoms with Gasteiger partial charge in [-0.15, -0.1) is 0 Å². The number of nitrogens with zero attached hydrogens (tertiary/aromatic N) is 1. The molecule has 7 nitrogen and oxygen atoms in total. The average Bonchev–Trinajstić information content (AvgIpc) is 3.22. The van der Waals surface area contributed by atoms with E-state index in [0.29, 0.717) is 36.0 Å². The van der Waals surface area contributed by atoms with Crippen molar-refractivity contribution in [3.63, 3.8) is 0 Å². The minimum absolute atomic E-state index is 0.237. The molecule has 1 aliphatic heterocycles. The van der Waals surface area contributed by atoms with Crippen molar-refractivity contribution < 1.29 is 23.9 Å². The van der Waals surface area contributed by atoms with E-state index >= 15 is 0 Å². The highest BCUT2D eigenvalue weighted by molar-refractivity contribution is 8.18. The van der Waals surface area contributed by atoms with Crippen LogP contribution >= 0.6 is 11.8 Å². The summed E-state index contributed by atoms with van der Waals surface area (Å²) >= 11 is 0.809. The van der Waals surface area contributed by atoms with Gasteiger partial charge in [-0.25, -0.2) is 0 Å². The third kappa shape index (κ3) is 6.28. The van der Waals surface area contributed by atoms with Gasteiger partial charge in [0.1, 0.15) is 13.2 Å². The first kappa shape index (κ1) is 28.0. The first-order valence-corrected chi connectivity index (χ1v) is 14.1. The van der Waals surface area contributed by atoms with Crippen molar-refractivity contribution in [3.8, 4) is 11.5 Å². The van der Waals surface area contributed by atoms with E-state index in [1.54, 1.807) is 24.3 Å². The van der Waals surface area contributed by atoms with Crippen LogP contribution in [0.1, 0.15) is 29.2 Å². The van der Waals surface area contributed by atoms with Crippen molar-refractivity contribution >= 4 is 51.4 Å². The lowest BCUT2D eigenvalue weighted by Crippen LogP contribution is -2.36. The second kappa shape index (κ2) is 12.3. The van der Waals surface area contributed by atoms with E-state index in [1.165, 1.54) is 0 Å². The van der Waals surface area contributed by atoms with Crippen LogP contribution in [-0.4, -0.2) is 35.1 Å². The number of benzene rings is 4. The van der Waals surface area contributed by atoms with Crippen molar-refractivity contribution in [1.29, 1.82) is 0 Å². The second-order valence-corrected chi connectivity index (χ2v) is 10.6. The first-order valence-electron chi connectivity index (χ1n) is 13.3. The number of fused-ring (bicyclic) bond motifs is 1. The highest BCUT2D eigenvalue weighted by atomic mass is 32.2. The van der Waals surface area contributed by atoms with Gasteiger partial charge in [0, 0.05) is 5.69 Å². The van der Waals surface area contributed by atoms with Gasteiger partial charge >= 0.3 is 0 Å². The third-order valence-corrected chi connectivity index (χ3v) is 7.79. The van der Waals surface area contributed by atoms with Crippen molar-refractivity contribution in [1.82, 2.24) is 4.90 Å². The van der Waals surface area contributed by atoms with Gasteiger partial charge in [-0.05, 0) is 89.8 Å². The second-order valence-electron chi connectivity index (χ2n) is 9.63. The number of aryl methyl sites for hydroxylation is 1. The van der Waals surface area contributed by atoms with Crippen LogP contribution in [0, 0.1) is 13.8 Å². The zero-order valence-electron chi connectivity index (χ0n) is 23.1. The molecule has 3 amide bonds. The number of carbonyl (C=O) groups excluding carboxylic acids is 3. The molecule has 1 heterocycles. The predicted octanol–water partition coefficient (Wildman–Crippen LogP) is 7.11. The van der Waals surface area contributed by atoms with Gasteiger partial charge in [0.25, 0.3) is 11.1 Å². The number of anilines is 1. The van der Waals surface area contributed by atoms with Crippen molar-refractivity contribution in [2.75, 3.05) is 18.5 Å². The minimum Gasteiger partial charge on any atom is -0.490 e. The van der Waals surface area contributed by atoms with Gasteiger partial charge in [-0.1, -0.05) is 60.7 Å². The number of thioether (sulfide) groups is 1. The molecule has 0 aromatic heterocycles. The molecule has 1 saturated heterocycles. The van der Waals surface area contributed by atoms with Gasteiger partial charge in [-0.3, -0.25) is 19.3 Å². The largest absolute Gasteiger partial charge is 0.490 e. The summed E-state index contributed by atoms with van der Waals surface area (Å²) in [5.74, 6) is 0.167. The Morgan fingerprint density at radius 2 is 1.71 bits per heavy atom. The molecule has 0 saturated carbocycles. The van der Waals surface area contributed by atoms with E-state index in [0.717, 1.165) is 44.1 Å². The third-order valence-electron chi connectivity index (χ3n) is 6.88. The molecule has 4 aromatic rings. The summed E-state index contributed by atoms with van der Waals surface area (Å²) < 4.78 is 12.0. The summed E-state index contributed by atoms with van der Waals surface area (Å²) in [7, 11) is 0. The maximum Gasteiger partial charge on any atom is 0.294 e. The molecule has 41 heavy (non-hydrogen) atoms. The van der Waals surface area contributed by atoms with Crippen molar-refractivity contribution in [2.24, 2.45) is 0 Å². The lowest BCUT2D eigenvalue weighted by Gasteiger charge is -2.14. The van der Waals surface area contributed by atoms with Gasteiger partial charge in [-0.2, -0.15) is 0 Å². The molecular weight excluding hydrogens is 536 g/mol. The fourth-order valence-electron chi connectivity index (χ4n) is 4.58. The molecular formula is C33H30N2O5S. The van der Waals surface area contributed by atoms with Crippen LogP contribution in [0.4, 0.5) is 10.5 Å². The van der Waals surface area contributed by atoms with E-state index < -0.39 is 17.1 Å². The number of nitrogens with one attached hydrogen (secondary N) is 1. The molecule has 1 N–H and O–H groups in total. The number of rotatable bonds is 9. The Labute approximate surface area is 243 Å². The highest BCUT2D eigenvalue weighted by Gasteiger charge is 2.36. The SMILES string of the molecule is CCOc1cc(/C=C2/SC(=O)N(CC(=O)Nc3cccc(C)c3C)C2=O)ccc1OCc1cccc2ccccc12. The van der Waals surface area contributed by atoms with Crippen LogP contribution in [0.25, 0.3) is 16.8 Å². The summed E-state index contributed by atoms with van der Waals surface area (Å²) in [6.07, 6.45) is 1.63. The van der Waals surface area contributed by atoms with Gasteiger partial charge in [0.05, 0.1) is 11.5 Å². The average molecular weight is 567 g/mol. The zero-order valence-corrected chi connectivity index (χ0v) is 23.9. The van der Waals surface area contributed by atoms with Crippen LogP contribution in [0.3, 0.4) is 0 Å². The maximum absolute atomic E-state index is 13.1. The monoisotopic (exact) mass is 566 g/mol. The number of imide groups is 1. The lowest BCUT2D eigenvalue weighted by atomic mass is 10.1. The molecule has 0 bridgehead atoms. The predicted molar refractivity (Wildman–Crippen MR) is 163 cm³/mol. The van der Waals surface area contributed by atoms with Crippen LogP contribution in [-0.2, 0) is 16.2 Å². The summed E-state index contributed by atoms with van der Waals surface area (Å²) in [5, 5.41) is 4.58. The minimum atomic E-state index is -0.509. The van der Waals surface area contributed by atoms with Crippen LogP contribution in [0.15, 0.2) is 83.8 Å². The van der Waals surface area contributed by atoms with Crippen LogP contribution in [0.5, 0.6) is 11.5 Å². The van der Waals surface area contributed by atoms with Gasteiger partial charge < -0.3 is 14.8 Å². The number of hydrogen-bond acceptors (Lipinski definition) is 6. The van der Waals surface area contributed by atoms with E-state index in [-0.39, 0.29) is 11.4 Å². The Balaban J connectivity index is 1.29. The Morgan fingerprint density at radius 1 is 0.927 bits per heavy atom.